The minimum absolute atomic E-state index is 0.0240. The van der Waals surface area contributed by atoms with Crippen LogP contribution in [-0.2, 0) is 0 Å². The Hall–Kier alpha value is -0.160. The summed E-state index contributed by atoms with van der Waals surface area (Å²) in [5.41, 5.74) is 0.453. The molecule has 0 rings (SSSR count). The van der Waals surface area contributed by atoms with Crippen molar-refractivity contribution in [3.05, 3.63) is 5.21 Å². The largest absolute Gasteiger partial charge is 0.635 e. The first-order valence-electron chi connectivity index (χ1n) is 8.42. The maximum atomic E-state index is 11.3. The van der Waals surface area contributed by atoms with Gasteiger partial charge in [-0.2, -0.15) is 0 Å². The van der Waals surface area contributed by atoms with Crippen LogP contribution in [-0.4, -0.2) is 29.0 Å². The molecule has 0 unspecified atom stereocenters. The highest BCUT2D eigenvalue weighted by Crippen LogP contribution is 2.19. The van der Waals surface area contributed by atoms with Crippen LogP contribution in [0.1, 0.15) is 84.0 Å². The molecule has 0 aliphatic rings. The highest BCUT2D eigenvalue weighted by Gasteiger charge is 2.29. The fourth-order valence-electron chi connectivity index (χ4n) is 2.78. The van der Waals surface area contributed by atoms with Crippen LogP contribution in [0.2, 0.25) is 0 Å². The Morgan fingerprint density at radius 2 is 1.20 bits per heavy atom. The molecule has 0 bridgehead atoms. The zero-order valence-electron chi connectivity index (χ0n) is 13.3. The fourth-order valence-corrected chi connectivity index (χ4v) is 2.78. The van der Waals surface area contributed by atoms with Crippen molar-refractivity contribution >= 4 is 0 Å². The lowest BCUT2D eigenvalue weighted by Crippen LogP contribution is -2.92. The molecule has 0 fully saturated rings. The third-order valence-corrected chi connectivity index (χ3v) is 4.25. The summed E-state index contributed by atoms with van der Waals surface area (Å²) in [7, 11) is 0. The molecule has 0 aromatic heterocycles. The number of quaternary nitrogens is 1. The molecule has 0 aliphatic heterocycles. The molecule has 0 atom stereocenters. The lowest BCUT2D eigenvalue weighted by molar-refractivity contribution is -0.674. The van der Waals surface area contributed by atoms with Crippen LogP contribution in [0.25, 0.3) is 0 Å². The summed E-state index contributed by atoms with van der Waals surface area (Å²) in [4.78, 5) is 0. The van der Waals surface area contributed by atoms with Gasteiger partial charge in [0.25, 0.3) is 0 Å². The summed E-state index contributed by atoms with van der Waals surface area (Å²) in [6.45, 7) is 2.28. The molecule has 0 aromatic carbocycles. The molecule has 0 aromatic rings. The molecule has 4 nitrogen and oxygen atoms in total. The smallest absolute Gasteiger partial charge is 0.100 e. The Balaban J connectivity index is 3.62. The first-order chi connectivity index (χ1) is 9.74. The van der Waals surface area contributed by atoms with Gasteiger partial charge >= 0.3 is 0 Å². The molecule has 4 heteroatoms. The Morgan fingerprint density at radius 1 is 0.750 bits per heavy atom. The van der Waals surface area contributed by atoms with Crippen molar-refractivity contribution in [3.8, 4) is 0 Å². The van der Waals surface area contributed by atoms with E-state index in [1.807, 2.05) is 0 Å². The number of hydrogen-bond donors (Lipinski definition) is 3. The van der Waals surface area contributed by atoms with E-state index in [1.54, 1.807) is 0 Å². The molecule has 0 spiro atoms. The molecule has 20 heavy (non-hydrogen) atoms. The highest BCUT2D eigenvalue weighted by molar-refractivity contribution is 4.77. The van der Waals surface area contributed by atoms with Gasteiger partial charge < -0.3 is 20.9 Å². The summed E-state index contributed by atoms with van der Waals surface area (Å²) in [5, 5.41) is 29.4. The van der Waals surface area contributed by atoms with Gasteiger partial charge in [0.05, 0.1) is 0 Å². The van der Waals surface area contributed by atoms with Crippen molar-refractivity contribution < 1.29 is 15.7 Å². The van der Waals surface area contributed by atoms with Gasteiger partial charge in [0.15, 0.2) is 0 Å². The second kappa shape index (κ2) is 13.8. The average molecular weight is 289 g/mol. The quantitative estimate of drug-likeness (QED) is 0.320. The molecular formula is C16H35NO3. The van der Waals surface area contributed by atoms with E-state index in [-0.39, 0.29) is 13.2 Å². The van der Waals surface area contributed by atoms with E-state index in [4.69, 9.17) is 10.2 Å². The van der Waals surface area contributed by atoms with E-state index in [1.165, 1.54) is 44.9 Å². The lowest BCUT2D eigenvalue weighted by Gasteiger charge is -2.32. The number of hydroxylamine groups is 1. The van der Waals surface area contributed by atoms with Gasteiger partial charge in [0.1, 0.15) is 5.54 Å². The number of hydrogen-bond acceptors (Lipinski definition) is 3. The van der Waals surface area contributed by atoms with Crippen LogP contribution in [0.15, 0.2) is 0 Å². The van der Waals surface area contributed by atoms with Crippen molar-refractivity contribution in [1.29, 1.82) is 0 Å². The molecule has 0 aliphatic carbocycles. The summed E-state index contributed by atoms with van der Waals surface area (Å²) < 4.78 is 0. The van der Waals surface area contributed by atoms with Crippen LogP contribution in [0.5, 0.6) is 0 Å². The normalized spacial score (nSPS) is 12.0. The second-order valence-corrected chi connectivity index (χ2v) is 6.01. The number of aliphatic hydroxyl groups is 2. The first kappa shape index (κ1) is 19.8. The third-order valence-electron chi connectivity index (χ3n) is 4.25. The Bertz CT molecular complexity index is 194. The molecule has 0 amide bonds. The second-order valence-electron chi connectivity index (χ2n) is 6.01. The van der Waals surface area contributed by atoms with Crippen molar-refractivity contribution in [2.75, 3.05) is 13.2 Å². The number of rotatable bonds is 15. The van der Waals surface area contributed by atoms with Gasteiger partial charge in [-0.1, -0.05) is 58.3 Å². The van der Waals surface area contributed by atoms with Crippen LogP contribution in [0.4, 0.5) is 0 Å². The molecule has 4 N–H and O–H groups in total. The van der Waals surface area contributed by atoms with Crippen LogP contribution >= 0.6 is 0 Å². The van der Waals surface area contributed by atoms with Crippen LogP contribution < -0.4 is 5.48 Å². The number of unbranched alkanes of at least 4 members (excludes halogenated alkanes) is 8. The van der Waals surface area contributed by atoms with E-state index in [9.17, 15) is 5.21 Å². The fraction of sp³-hybridized carbons (Fsp3) is 1.00. The standard InChI is InChI=1S/C16H35NO3/c1-2-3-4-5-6-7-8-9-10-11-16(17-20,12-14-18)13-15-19/h18-19H,2-15,17H2,1H3. The number of aliphatic hydroxyl groups excluding tert-OH is 2. The molecule has 0 radical (unpaired) electrons. The SMILES string of the molecule is CCCCCCCCCCCC(CCO)(CCO)[NH2+][O-]. The van der Waals surface area contributed by atoms with Crippen molar-refractivity contribution in [3.63, 3.8) is 0 Å². The van der Waals surface area contributed by atoms with E-state index in [0.717, 1.165) is 24.7 Å². The summed E-state index contributed by atoms with van der Waals surface area (Å²) in [6.07, 6.45) is 13.1. The maximum Gasteiger partial charge on any atom is 0.100 e. The van der Waals surface area contributed by atoms with E-state index < -0.39 is 5.54 Å². The average Bonchev–Trinajstić information content (AvgIpc) is 2.46. The Kier molecular flexibility index (Phi) is 13.7. The van der Waals surface area contributed by atoms with Crippen molar-refractivity contribution in [2.45, 2.75) is 89.5 Å². The minimum Gasteiger partial charge on any atom is -0.635 e. The zero-order chi connectivity index (χ0) is 15.1. The van der Waals surface area contributed by atoms with Gasteiger partial charge in [-0.05, 0) is 6.42 Å². The summed E-state index contributed by atoms with van der Waals surface area (Å²) in [5.74, 6) is 0. The summed E-state index contributed by atoms with van der Waals surface area (Å²) in [6, 6.07) is 0. The molecule has 0 heterocycles. The monoisotopic (exact) mass is 289 g/mol. The van der Waals surface area contributed by atoms with Gasteiger partial charge in [0.2, 0.25) is 0 Å². The van der Waals surface area contributed by atoms with Crippen molar-refractivity contribution in [1.82, 2.24) is 0 Å². The number of nitrogens with two attached hydrogens (primary N) is 1. The predicted octanol–water partition coefficient (Wildman–Crippen LogP) is 2.47. The first-order valence-corrected chi connectivity index (χ1v) is 8.42. The third kappa shape index (κ3) is 9.70. The maximum absolute atomic E-state index is 11.3. The predicted molar refractivity (Wildman–Crippen MR) is 83.3 cm³/mol. The lowest BCUT2D eigenvalue weighted by atomic mass is 9.86. The molecule has 122 valence electrons. The Morgan fingerprint density at radius 3 is 1.60 bits per heavy atom. The molecule has 0 saturated heterocycles. The highest BCUT2D eigenvalue weighted by atomic mass is 16.5. The van der Waals surface area contributed by atoms with Gasteiger partial charge in [-0.3, -0.25) is 0 Å². The van der Waals surface area contributed by atoms with E-state index >= 15 is 0 Å². The van der Waals surface area contributed by atoms with Gasteiger partial charge in [0, 0.05) is 32.5 Å². The van der Waals surface area contributed by atoms with Gasteiger partial charge in [-0.15, -0.1) is 0 Å². The summed E-state index contributed by atoms with van der Waals surface area (Å²) >= 11 is 0. The minimum atomic E-state index is -0.495. The van der Waals surface area contributed by atoms with Crippen molar-refractivity contribution in [2.24, 2.45) is 0 Å². The zero-order valence-corrected chi connectivity index (χ0v) is 13.3. The van der Waals surface area contributed by atoms with Gasteiger partial charge in [-0.25, -0.2) is 0 Å². The van der Waals surface area contributed by atoms with Crippen LogP contribution in [0.3, 0.4) is 0 Å². The molecular weight excluding hydrogens is 254 g/mol. The Labute approximate surface area is 124 Å². The van der Waals surface area contributed by atoms with E-state index in [2.05, 4.69) is 6.92 Å². The topological polar surface area (TPSA) is 80.1 Å². The van der Waals surface area contributed by atoms with Crippen LogP contribution in [0, 0.1) is 5.21 Å². The molecule has 0 saturated carbocycles. The van der Waals surface area contributed by atoms with E-state index in [0.29, 0.717) is 12.8 Å².